The standard InChI is InChI=1S/C44H22Cl3F3N2O5/c45-30-5-3-6-31(46)39(30)41(53)38-20-28(36-17-15-26(48)22-52(36)38)23-10-12-24(13-11-23)43(55)57-44(56)25-14-16-27(34(50)19-25)29-21-37(51-18-2-1-9-35(29)51)42(54)40-32(47)7-4-8-33(40)49/h1-22H. The number of nitrogens with zero attached hydrogens (tertiary/aromatic N) is 2. The average molecular weight is 822 g/mol. The van der Waals surface area contributed by atoms with Gasteiger partial charge in [0.15, 0.2) is 0 Å². The summed E-state index contributed by atoms with van der Waals surface area (Å²) in [7, 11) is 0. The number of carbonyl (C=O) groups is 4. The Morgan fingerprint density at radius 2 is 1.11 bits per heavy atom. The number of halogens is 6. The first-order valence-corrected chi connectivity index (χ1v) is 18.1. The van der Waals surface area contributed by atoms with E-state index in [9.17, 15) is 28.0 Å². The molecule has 0 spiro atoms. The molecule has 0 aliphatic heterocycles. The molecule has 4 heterocycles. The van der Waals surface area contributed by atoms with E-state index in [0.717, 1.165) is 18.3 Å². The maximum atomic E-state index is 15.7. The minimum atomic E-state index is -1.12. The maximum absolute atomic E-state index is 15.7. The third kappa shape index (κ3) is 6.78. The lowest BCUT2D eigenvalue weighted by atomic mass is 10.0. The van der Waals surface area contributed by atoms with Crippen molar-refractivity contribution in [1.82, 2.24) is 8.80 Å². The molecule has 7 nitrogen and oxygen atoms in total. The summed E-state index contributed by atoms with van der Waals surface area (Å²) in [6.07, 6.45) is 2.73. The van der Waals surface area contributed by atoms with Crippen LogP contribution in [0.4, 0.5) is 13.2 Å². The van der Waals surface area contributed by atoms with Crippen LogP contribution in [-0.4, -0.2) is 32.3 Å². The molecule has 0 unspecified atom stereocenters. The van der Waals surface area contributed by atoms with Crippen molar-refractivity contribution in [3.63, 3.8) is 0 Å². The minimum Gasteiger partial charge on any atom is -0.386 e. The molecule has 4 aromatic heterocycles. The van der Waals surface area contributed by atoms with Gasteiger partial charge < -0.3 is 13.5 Å². The van der Waals surface area contributed by atoms with Crippen LogP contribution in [0.2, 0.25) is 15.1 Å². The minimum absolute atomic E-state index is 0.00895. The number of fused-ring (bicyclic) bond motifs is 2. The Bertz CT molecular complexity index is 2950. The number of benzene rings is 4. The number of carbonyl (C=O) groups excluding carboxylic acids is 4. The lowest BCUT2D eigenvalue weighted by Crippen LogP contribution is -2.13. The molecular weight excluding hydrogens is 800 g/mol. The van der Waals surface area contributed by atoms with Crippen molar-refractivity contribution in [1.29, 1.82) is 0 Å². The number of pyridine rings is 2. The third-order valence-electron chi connectivity index (χ3n) is 9.36. The van der Waals surface area contributed by atoms with Gasteiger partial charge in [-0.25, -0.2) is 22.8 Å². The number of aromatic nitrogens is 2. The molecule has 0 aliphatic rings. The number of rotatable bonds is 8. The Hall–Kier alpha value is -6.46. The molecule has 0 N–H and O–H groups in total. The van der Waals surface area contributed by atoms with Crippen LogP contribution in [0.5, 0.6) is 0 Å². The first kappa shape index (κ1) is 37.5. The highest BCUT2D eigenvalue weighted by Gasteiger charge is 2.26. The van der Waals surface area contributed by atoms with E-state index >= 15 is 4.39 Å². The molecule has 0 bridgehead atoms. The molecule has 0 radical (unpaired) electrons. The van der Waals surface area contributed by atoms with Gasteiger partial charge in [-0.3, -0.25) is 9.59 Å². The lowest BCUT2D eigenvalue weighted by molar-refractivity contribution is 0.0397. The fourth-order valence-electron chi connectivity index (χ4n) is 6.66. The molecule has 0 fully saturated rings. The molecular formula is C44H22Cl3F3N2O5. The SMILES string of the molecule is O=C(OC(=O)c1ccc(-c2cc(C(=O)c3c(F)cccc3Cl)n3ccccc23)c(F)c1)c1ccc(-c2cc(C(=O)c3c(Cl)cccc3Cl)n3cc(F)ccc23)cc1. The molecule has 57 heavy (non-hydrogen) atoms. The van der Waals surface area contributed by atoms with Gasteiger partial charge in [-0.15, -0.1) is 0 Å². The van der Waals surface area contributed by atoms with E-state index in [4.69, 9.17) is 39.5 Å². The third-order valence-corrected chi connectivity index (χ3v) is 10.3. The molecule has 4 aromatic carbocycles. The number of hydrogen-bond donors (Lipinski definition) is 0. The van der Waals surface area contributed by atoms with E-state index in [2.05, 4.69) is 0 Å². The summed E-state index contributed by atoms with van der Waals surface area (Å²) >= 11 is 18.8. The monoisotopic (exact) mass is 820 g/mol. The highest BCUT2D eigenvalue weighted by Crippen LogP contribution is 2.35. The second-order valence-corrected chi connectivity index (χ2v) is 14.0. The predicted octanol–water partition coefficient (Wildman–Crippen LogP) is 11.4. The Morgan fingerprint density at radius 1 is 0.509 bits per heavy atom. The van der Waals surface area contributed by atoms with Crippen molar-refractivity contribution < 1.29 is 37.1 Å². The molecule has 280 valence electrons. The predicted molar refractivity (Wildman–Crippen MR) is 210 cm³/mol. The van der Waals surface area contributed by atoms with Crippen LogP contribution in [0.3, 0.4) is 0 Å². The molecule has 0 saturated heterocycles. The largest absolute Gasteiger partial charge is 0.386 e. The quantitative estimate of drug-likeness (QED) is 0.0865. The summed E-state index contributed by atoms with van der Waals surface area (Å²) in [5, 5.41) is 0.173. The zero-order valence-corrected chi connectivity index (χ0v) is 31.2. The van der Waals surface area contributed by atoms with Gasteiger partial charge in [-0.05, 0) is 90.5 Å². The zero-order chi connectivity index (χ0) is 40.1. The van der Waals surface area contributed by atoms with E-state index in [-0.39, 0.29) is 59.8 Å². The molecule has 0 aliphatic carbocycles. The van der Waals surface area contributed by atoms with E-state index < -0.39 is 41.0 Å². The van der Waals surface area contributed by atoms with Gasteiger partial charge in [0.2, 0.25) is 11.6 Å². The van der Waals surface area contributed by atoms with Crippen molar-refractivity contribution in [2.24, 2.45) is 0 Å². The average Bonchev–Trinajstić information content (AvgIpc) is 3.76. The summed E-state index contributed by atoms with van der Waals surface area (Å²) < 4.78 is 52.8. The summed E-state index contributed by atoms with van der Waals surface area (Å²) in [5.74, 6) is -5.64. The second-order valence-electron chi connectivity index (χ2n) is 12.7. The molecule has 13 heteroatoms. The van der Waals surface area contributed by atoms with Crippen LogP contribution in [0.1, 0.15) is 52.8 Å². The molecule has 0 amide bonds. The number of ketones is 2. The van der Waals surface area contributed by atoms with E-state index in [1.54, 1.807) is 48.7 Å². The van der Waals surface area contributed by atoms with Gasteiger partial charge in [0.1, 0.15) is 17.5 Å². The highest BCUT2D eigenvalue weighted by atomic mass is 35.5. The summed E-state index contributed by atoms with van der Waals surface area (Å²) in [5.41, 5.74) is 1.85. The fourth-order valence-corrected chi connectivity index (χ4v) is 7.48. The van der Waals surface area contributed by atoms with Crippen LogP contribution >= 0.6 is 34.8 Å². The van der Waals surface area contributed by atoms with Crippen molar-refractivity contribution in [3.8, 4) is 22.3 Å². The normalized spacial score (nSPS) is 11.3. The fraction of sp³-hybridized carbons (Fsp3) is 0. The highest BCUT2D eigenvalue weighted by molar-refractivity contribution is 6.41. The van der Waals surface area contributed by atoms with Crippen molar-refractivity contribution in [3.05, 3.63) is 200 Å². The molecule has 8 aromatic rings. The summed E-state index contributed by atoms with van der Waals surface area (Å²) in [6, 6.07) is 28.6. The van der Waals surface area contributed by atoms with Gasteiger partial charge in [0.25, 0.3) is 0 Å². The van der Waals surface area contributed by atoms with Crippen molar-refractivity contribution in [2.45, 2.75) is 0 Å². The smallest absolute Gasteiger partial charge is 0.346 e. The first-order chi connectivity index (χ1) is 27.4. The van der Waals surface area contributed by atoms with Crippen LogP contribution in [0, 0.1) is 17.5 Å². The Labute approximate surface area is 336 Å². The van der Waals surface area contributed by atoms with Crippen LogP contribution < -0.4 is 0 Å². The Kier molecular flexibility index (Phi) is 9.79. The van der Waals surface area contributed by atoms with E-state index in [0.29, 0.717) is 22.2 Å². The molecule has 0 saturated carbocycles. The van der Waals surface area contributed by atoms with E-state index in [1.165, 1.54) is 75.5 Å². The Morgan fingerprint density at radius 3 is 1.81 bits per heavy atom. The van der Waals surface area contributed by atoms with Gasteiger partial charge in [0.05, 0.1) is 59.7 Å². The molecule has 0 atom stereocenters. The first-order valence-electron chi connectivity index (χ1n) is 17.0. The maximum Gasteiger partial charge on any atom is 0.346 e. The summed E-state index contributed by atoms with van der Waals surface area (Å²) in [4.78, 5) is 53.2. The van der Waals surface area contributed by atoms with Gasteiger partial charge in [0, 0.05) is 29.1 Å². The summed E-state index contributed by atoms with van der Waals surface area (Å²) in [6.45, 7) is 0. The van der Waals surface area contributed by atoms with Gasteiger partial charge >= 0.3 is 11.9 Å². The zero-order valence-electron chi connectivity index (χ0n) is 28.9. The number of ether oxygens (including phenoxy) is 1. The topological polar surface area (TPSA) is 86.3 Å². The van der Waals surface area contributed by atoms with Gasteiger partial charge in [-0.2, -0.15) is 0 Å². The Balaban J connectivity index is 1.03. The van der Waals surface area contributed by atoms with Crippen LogP contribution in [0.15, 0.2) is 134 Å². The lowest BCUT2D eigenvalue weighted by Gasteiger charge is -2.07. The number of esters is 2. The second kappa shape index (κ2) is 14.9. The van der Waals surface area contributed by atoms with Gasteiger partial charge in [-0.1, -0.05) is 71.2 Å². The van der Waals surface area contributed by atoms with E-state index in [1.807, 2.05) is 0 Å². The van der Waals surface area contributed by atoms with Crippen molar-refractivity contribution in [2.75, 3.05) is 0 Å². The van der Waals surface area contributed by atoms with Crippen molar-refractivity contribution >= 4 is 69.3 Å². The number of hydrogen-bond acceptors (Lipinski definition) is 5. The van der Waals surface area contributed by atoms with Crippen LogP contribution in [-0.2, 0) is 4.74 Å². The van der Waals surface area contributed by atoms with Crippen LogP contribution in [0.25, 0.3) is 33.3 Å². The molecule has 8 rings (SSSR count).